The third-order valence-corrected chi connectivity index (χ3v) is 1.000. The zero-order valence-electron chi connectivity index (χ0n) is 11.8. The van der Waals surface area contributed by atoms with E-state index < -0.39 is 49.2 Å². The van der Waals surface area contributed by atoms with Crippen LogP contribution in [0.2, 0.25) is 0 Å². The van der Waals surface area contributed by atoms with E-state index in [9.17, 15) is 58.8 Å². The fourth-order valence-electron chi connectivity index (χ4n) is 0.492. The topological polar surface area (TPSA) is 284 Å². The number of carbonyl (C=O) groups excluding carboxylic acids is 8. The summed E-state index contributed by atoms with van der Waals surface area (Å²) in [6.07, 6.45) is -17.1. The first-order chi connectivity index (χ1) is 11.8. The average molecular weight is 628 g/mol. The van der Waals surface area contributed by atoms with Gasteiger partial charge >= 0.3 is 24.6 Å². The van der Waals surface area contributed by atoms with Gasteiger partial charge in [0.1, 0.15) is 0 Å². The van der Waals surface area contributed by atoms with Crippen LogP contribution in [0.3, 0.4) is 0 Å². The molecule has 0 fully saturated rings. The Morgan fingerprint density at radius 3 is 0.630 bits per heavy atom. The van der Waals surface area contributed by atoms with Gasteiger partial charge in [-0.05, 0) is 0 Å². The Bertz CT molecular complexity index is 513. The van der Waals surface area contributed by atoms with E-state index in [0.29, 0.717) is 0 Å². The molecule has 0 unspecified atom stereocenters. The maximum Gasteiger partial charge on any atom is 0.443 e. The first-order valence-electron chi connectivity index (χ1n) is 4.90. The Balaban J connectivity index is -0.000000411. The molecule has 0 radical (unpaired) electrons. The molecule has 150 valence electrons. The van der Waals surface area contributed by atoms with Crippen LogP contribution >= 0.6 is 0 Å². The average Bonchev–Trinajstić information content (AvgIpc) is 2.33. The maximum absolute atomic E-state index is 10.1. The van der Waals surface area contributed by atoms with Crippen LogP contribution in [0.15, 0.2) is 0 Å². The minimum absolute atomic E-state index is 0. The third kappa shape index (κ3) is 22.3. The SMILES string of the molecule is O=C([O-])OC(=O)OC(=O)OC(=O)[O-].O=C([O-])OC(=O)OC(=O)OC(=O)[O-].[Pu]. The summed E-state index contributed by atoms with van der Waals surface area (Å²) in [5, 5.41) is 38.0. The molecule has 0 aromatic rings. The molecule has 0 aromatic heterocycles. The largest absolute Gasteiger partial charge is 0.452 e. The van der Waals surface area contributed by atoms with Gasteiger partial charge in [-0.3, -0.25) is 0 Å². The molecule has 0 aliphatic carbocycles. The van der Waals surface area contributed by atoms with Crippen LogP contribution in [0.4, 0.5) is 38.4 Å². The van der Waals surface area contributed by atoms with Crippen molar-refractivity contribution in [3.05, 3.63) is 0 Å². The molecule has 27 heavy (non-hydrogen) atoms. The smallest absolute Gasteiger partial charge is 0.443 e. The van der Waals surface area contributed by atoms with Crippen molar-refractivity contribution in [2.75, 3.05) is 0 Å². The van der Waals surface area contributed by atoms with E-state index in [2.05, 4.69) is 28.4 Å². The molecule has 0 bridgehead atoms. The molecule has 0 atom stereocenters. The molecule has 0 heterocycles. The van der Waals surface area contributed by atoms with Gasteiger partial charge in [-0.15, -0.1) is 0 Å². The Morgan fingerprint density at radius 2 is 0.519 bits per heavy atom. The summed E-state index contributed by atoms with van der Waals surface area (Å²) < 4.78 is 19.1. The second-order valence-corrected chi connectivity index (χ2v) is 2.61. The van der Waals surface area contributed by atoms with Crippen molar-refractivity contribution in [3.8, 4) is 0 Å². The van der Waals surface area contributed by atoms with Gasteiger partial charge in [0.2, 0.25) is 0 Å². The summed E-state index contributed by atoms with van der Waals surface area (Å²) in [6.45, 7) is 0. The molecular formula is C8O18Pu-4. The van der Waals surface area contributed by atoms with Crippen LogP contribution in [-0.2, 0) is 28.4 Å². The zero-order valence-corrected chi connectivity index (χ0v) is 15.2. The van der Waals surface area contributed by atoms with E-state index in [-0.39, 0.29) is 29.2 Å². The monoisotopic (exact) mass is 622 g/mol. The van der Waals surface area contributed by atoms with Gasteiger partial charge in [0, 0.05) is 29.2 Å². The summed E-state index contributed by atoms with van der Waals surface area (Å²) in [5.74, 6) is 0. The van der Waals surface area contributed by atoms with Crippen LogP contribution in [-0.4, -0.2) is 49.2 Å². The van der Waals surface area contributed by atoms with E-state index in [1.54, 1.807) is 0 Å². The molecule has 0 saturated carbocycles. The molecule has 19 heteroatoms. The Labute approximate surface area is 166 Å². The third-order valence-electron chi connectivity index (χ3n) is 1.000. The second kappa shape index (κ2) is 14.7. The molecule has 0 N–H and O–H groups in total. The molecule has 0 saturated heterocycles. The normalized spacial score (nSPS) is 8.00. The predicted molar refractivity (Wildman–Crippen MR) is 49.7 cm³/mol. The van der Waals surface area contributed by atoms with E-state index >= 15 is 0 Å². The molecule has 18 nitrogen and oxygen atoms in total. The van der Waals surface area contributed by atoms with Gasteiger partial charge in [0.25, 0.3) is 24.6 Å². The number of carboxylic acid groups (broad SMARTS) is 4. The van der Waals surface area contributed by atoms with Crippen molar-refractivity contribution >= 4 is 49.2 Å². The maximum atomic E-state index is 10.1. The van der Waals surface area contributed by atoms with Gasteiger partial charge in [-0.2, -0.15) is 0 Å². The summed E-state index contributed by atoms with van der Waals surface area (Å²) in [7, 11) is 0. The minimum Gasteiger partial charge on any atom is -0.452 e. The first-order valence-corrected chi connectivity index (χ1v) is 4.90. The van der Waals surface area contributed by atoms with E-state index in [1.807, 2.05) is 0 Å². The standard InChI is InChI=1S/2C4H2O9.Pu/c2*5-1(6)11-3(9)13-4(10)12-2(7)8;/h2*(H,5,6)(H,7,8);/p-4. The number of rotatable bonds is 0. The fraction of sp³-hybridized carbons (Fsp3) is 0. The van der Waals surface area contributed by atoms with Gasteiger partial charge < -0.3 is 68.0 Å². The molecule has 0 rings (SSSR count). The number of carbonyl (C=O) groups is 8. The van der Waals surface area contributed by atoms with Crippen LogP contribution in [0, 0.1) is 29.2 Å². The van der Waals surface area contributed by atoms with Gasteiger partial charge in [0.05, 0.1) is 0 Å². The van der Waals surface area contributed by atoms with Gasteiger partial charge in [0.15, 0.2) is 0 Å². The van der Waals surface area contributed by atoms with Crippen molar-refractivity contribution in [2.45, 2.75) is 0 Å². The molecule has 0 aromatic carbocycles. The number of hydrogen-bond acceptors (Lipinski definition) is 18. The van der Waals surface area contributed by atoms with Gasteiger partial charge in [-0.25, -0.2) is 19.2 Å². The Kier molecular flexibility index (Phi) is 15.3. The Hall–Kier alpha value is -3.65. The summed E-state index contributed by atoms with van der Waals surface area (Å²) in [6, 6.07) is 0. The van der Waals surface area contributed by atoms with Crippen LogP contribution in [0.25, 0.3) is 0 Å². The van der Waals surface area contributed by atoms with E-state index in [0.717, 1.165) is 0 Å². The van der Waals surface area contributed by atoms with Crippen molar-refractivity contribution in [1.82, 2.24) is 0 Å². The van der Waals surface area contributed by atoms with Crippen molar-refractivity contribution in [2.24, 2.45) is 0 Å². The molecular weight excluding hydrogens is 628 g/mol. The van der Waals surface area contributed by atoms with Crippen LogP contribution in [0.1, 0.15) is 0 Å². The van der Waals surface area contributed by atoms with Crippen molar-refractivity contribution in [1.29, 1.82) is 0 Å². The summed E-state index contributed by atoms with van der Waals surface area (Å²) >= 11 is 0. The van der Waals surface area contributed by atoms with Crippen molar-refractivity contribution in [3.63, 3.8) is 0 Å². The van der Waals surface area contributed by atoms with Gasteiger partial charge in [-0.1, -0.05) is 0 Å². The Morgan fingerprint density at radius 1 is 0.370 bits per heavy atom. The van der Waals surface area contributed by atoms with E-state index in [4.69, 9.17) is 0 Å². The fourth-order valence-corrected chi connectivity index (χ4v) is 0.492. The zero-order chi connectivity index (χ0) is 20.9. The second-order valence-electron chi connectivity index (χ2n) is 2.61. The minimum atomic E-state index is -2.27. The molecule has 0 aliphatic rings. The van der Waals surface area contributed by atoms with Crippen LogP contribution in [0.5, 0.6) is 0 Å². The van der Waals surface area contributed by atoms with Crippen molar-refractivity contribution < 1.29 is 116 Å². The number of ether oxygens (including phenoxy) is 6. The summed E-state index contributed by atoms with van der Waals surface area (Å²) in [5.41, 5.74) is 0. The summed E-state index contributed by atoms with van der Waals surface area (Å²) in [4.78, 5) is 78.3. The first kappa shape index (κ1) is 28.2. The molecule has 0 amide bonds. The quantitative estimate of drug-likeness (QED) is 0.140. The van der Waals surface area contributed by atoms with E-state index in [1.165, 1.54) is 0 Å². The number of hydrogen-bond donors (Lipinski definition) is 0. The molecule has 0 aliphatic heterocycles. The van der Waals surface area contributed by atoms with Crippen LogP contribution < -0.4 is 20.4 Å². The predicted octanol–water partition coefficient (Wildman–Crippen LogP) is -4.07. The molecule has 0 spiro atoms.